The summed E-state index contributed by atoms with van der Waals surface area (Å²) >= 11 is 6.19. The first-order valence-electron chi connectivity index (χ1n) is 13.1. The molecule has 1 amide bonds. The molecule has 0 saturated carbocycles. The molecule has 3 heterocycles. The topological polar surface area (TPSA) is 108 Å². The fraction of sp³-hybridized carbons (Fsp3) is 0.379. The smallest absolute Gasteiger partial charge is 0.395 e. The Labute approximate surface area is 243 Å². The number of halogens is 5. The van der Waals surface area contributed by atoms with Crippen LogP contribution in [-0.2, 0) is 15.9 Å². The average Bonchev–Trinajstić information content (AvgIpc) is 3.67. The number of ether oxygens (including phenoxy) is 3. The zero-order valence-corrected chi connectivity index (χ0v) is 23.3. The van der Waals surface area contributed by atoms with Gasteiger partial charge in [-0.2, -0.15) is 13.2 Å². The third kappa shape index (κ3) is 6.25. The van der Waals surface area contributed by atoms with Gasteiger partial charge in [0.05, 0.1) is 29.8 Å². The maximum absolute atomic E-state index is 14.3. The highest BCUT2D eigenvalue weighted by atomic mass is 35.5. The van der Waals surface area contributed by atoms with Crippen molar-refractivity contribution < 1.29 is 36.6 Å². The number of primary amides is 1. The number of hydrogen-bond donors (Lipinski definition) is 2. The van der Waals surface area contributed by atoms with Crippen LogP contribution in [0.25, 0.3) is 11.1 Å². The molecule has 8 nitrogen and oxygen atoms in total. The minimum absolute atomic E-state index is 0.0939. The van der Waals surface area contributed by atoms with Crippen molar-refractivity contribution >= 4 is 23.2 Å². The van der Waals surface area contributed by atoms with Crippen molar-refractivity contribution in [2.75, 3.05) is 19.0 Å². The van der Waals surface area contributed by atoms with Crippen LogP contribution in [0.1, 0.15) is 35.3 Å². The van der Waals surface area contributed by atoms with Crippen molar-refractivity contribution in [3.8, 4) is 16.9 Å². The maximum atomic E-state index is 14.3. The number of carbonyl (C=O) groups excluding carboxylic acids is 1. The molecule has 3 unspecified atom stereocenters. The molecule has 1 saturated heterocycles. The second-order valence-electron chi connectivity index (χ2n) is 10.4. The lowest BCUT2D eigenvalue weighted by Gasteiger charge is -2.28. The number of pyridine rings is 1. The van der Waals surface area contributed by atoms with Gasteiger partial charge in [0.2, 0.25) is 0 Å². The summed E-state index contributed by atoms with van der Waals surface area (Å²) in [5.74, 6) is -3.38. The molecule has 1 fully saturated rings. The summed E-state index contributed by atoms with van der Waals surface area (Å²) in [5.41, 5.74) is 5.92. The predicted octanol–water partition coefficient (Wildman–Crippen LogP) is 5.32. The van der Waals surface area contributed by atoms with Gasteiger partial charge in [0.25, 0.3) is 11.5 Å². The Kier molecular flexibility index (Phi) is 8.23. The van der Waals surface area contributed by atoms with E-state index in [0.29, 0.717) is 33.8 Å². The van der Waals surface area contributed by atoms with E-state index in [1.54, 1.807) is 6.92 Å². The number of nitrogens with zero attached hydrogens (tertiary/aromatic N) is 1. The minimum atomic E-state index is -4.50. The molecule has 0 radical (unpaired) electrons. The van der Waals surface area contributed by atoms with Crippen molar-refractivity contribution in [1.29, 1.82) is 0 Å². The SMILES string of the molecule is CO[C@@H](C)CC(C1OC1Nc1ccc(C(N)=O)c(F)c1)n1cc2c(cc1=O)-c1cc(Cl)ccc1C[C@@H](C(F)(F)F)CO2. The molecule has 0 aliphatic carbocycles. The molecular weight excluding hydrogens is 582 g/mol. The summed E-state index contributed by atoms with van der Waals surface area (Å²) in [6, 6.07) is 9.10. The van der Waals surface area contributed by atoms with Gasteiger partial charge in [0.1, 0.15) is 24.3 Å². The fourth-order valence-electron chi connectivity index (χ4n) is 5.16. The monoisotopic (exact) mass is 609 g/mol. The van der Waals surface area contributed by atoms with E-state index in [0.717, 1.165) is 6.07 Å². The zero-order valence-electron chi connectivity index (χ0n) is 22.6. The number of rotatable bonds is 8. The molecule has 2 aliphatic rings. The molecule has 3 aromatic rings. The van der Waals surface area contributed by atoms with Crippen LogP contribution in [0.15, 0.2) is 53.5 Å². The number of carbonyl (C=O) groups is 1. The number of nitrogens with one attached hydrogen (secondary N) is 1. The lowest BCUT2D eigenvalue weighted by Crippen LogP contribution is -2.34. The minimum Gasteiger partial charge on any atom is -0.491 e. The van der Waals surface area contributed by atoms with Crippen LogP contribution in [0.4, 0.5) is 23.2 Å². The van der Waals surface area contributed by atoms with Crippen LogP contribution in [-0.4, -0.2) is 48.8 Å². The van der Waals surface area contributed by atoms with Gasteiger partial charge in [-0.15, -0.1) is 0 Å². The van der Waals surface area contributed by atoms with Crippen LogP contribution in [0.3, 0.4) is 0 Å². The predicted molar refractivity (Wildman–Crippen MR) is 147 cm³/mol. The molecule has 224 valence electrons. The number of amides is 1. The number of methoxy groups -OCH3 is 1. The first-order valence-corrected chi connectivity index (χ1v) is 13.5. The number of hydrogen-bond acceptors (Lipinski definition) is 6. The van der Waals surface area contributed by atoms with Crippen LogP contribution in [0.5, 0.6) is 5.75 Å². The summed E-state index contributed by atoms with van der Waals surface area (Å²) < 4.78 is 74.1. The number of benzene rings is 2. The van der Waals surface area contributed by atoms with Crippen LogP contribution in [0, 0.1) is 11.7 Å². The number of fused-ring (bicyclic) bond motifs is 3. The Morgan fingerprint density at radius 1 is 1.21 bits per heavy atom. The van der Waals surface area contributed by atoms with Gasteiger partial charge in [-0.25, -0.2) is 4.39 Å². The molecule has 0 spiro atoms. The second-order valence-corrected chi connectivity index (χ2v) is 10.9. The van der Waals surface area contributed by atoms with Crippen LogP contribution >= 0.6 is 11.6 Å². The van der Waals surface area contributed by atoms with Gasteiger partial charge in [-0.05, 0) is 61.2 Å². The lowest BCUT2D eigenvalue weighted by molar-refractivity contribution is -0.181. The number of alkyl halides is 3. The van der Waals surface area contributed by atoms with E-state index in [9.17, 15) is 27.2 Å². The first kappa shape index (κ1) is 29.9. The third-order valence-electron chi connectivity index (χ3n) is 7.56. The van der Waals surface area contributed by atoms with Crippen LogP contribution < -0.4 is 21.3 Å². The highest BCUT2D eigenvalue weighted by molar-refractivity contribution is 6.30. The van der Waals surface area contributed by atoms with E-state index in [1.807, 2.05) is 0 Å². The van der Waals surface area contributed by atoms with Gasteiger partial charge >= 0.3 is 6.18 Å². The number of nitrogens with two attached hydrogens (primary N) is 1. The van der Waals surface area contributed by atoms with Crippen molar-refractivity contribution in [1.82, 2.24) is 4.57 Å². The van der Waals surface area contributed by atoms with E-state index in [-0.39, 0.29) is 23.8 Å². The molecule has 13 heteroatoms. The summed E-state index contributed by atoms with van der Waals surface area (Å²) in [6.07, 6.45) is -4.67. The van der Waals surface area contributed by atoms with Crippen molar-refractivity contribution in [3.05, 3.63) is 81.0 Å². The van der Waals surface area contributed by atoms with Crippen molar-refractivity contribution in [2.45, 2.75) is 50.4 Å². The Morgan fingerprint density at radius 3 is 2.64 bits per heavy atom. The third-order valence-corrected chi connectivity index (χ3v) is 7.79. The maximum Gasteiger partial charge on any atom is 0.395 e. The molecule has 2 aromatic carbocycles. The van der Waals surface area contributed by atoms with Gasteiger partial charge in [0, 0.05) is 29.4 Å². The molecule has 42 heavy (non-hydrogen) atoms. The average molecular weight is 610 g/mol. The fourth-order valence-corrected chi connectivity index (χ4v) is 5.33. The summed E-state index contributed by atoms with van der Waals surface area (Å²) in [5, 5.41) is 3.32. The van der Waals surface area contributed by atoms with E-state index < -0.39 is 54.4 Å². The van der Waals surface area contributed by atoms with E-state index in [1.165, 1.54) is 54.3 Å². The van der Waals surface area contributed by atoms with E-state index >= 15 is 0 Å². The van der Waals surface area contributed by atoms with Gasteiger partial charge in [-0.1, -0.05) is 17.7 Å². The van der Waals surface area contributed by atoms with E-state index in [2.05, 4.69) is 5.32 Å². The normalized spacial score (nSPS) is 21.2. The highest BCUT2D eigenvalue weighted by Crippen LogP contribution is 2.42. The second kappa shape index (κ2) is 11.6. The summed E-state index contributed by atoms with van der Waals surface area (Å²) in [6.45, 7) is 1.17. The van der Waals surface area contributed by atoms with Gasteiger partial charge in [-0.3, -0.25) is 9.59 Å². The molecule has 5 atom stereocenters. The van der Waals surface area contributed by atoms with Crippen molar-refractivity contribution in [3.63, 3.8) is 0 Å². The quantitative estimate of drug-likeness (QED) is 0.264. The largest absolute Gasteiger partial charge is 0.491 e. The lowest BCUT2D eigenvalue weighted by atomic mass is 9.91. The Hall–Kier alpha value is -3.61. The van der Waals surface area contributed by atoms with E-state index in [4.69, 9.17) is 31.5 Å². The molecule has 3 N–H and O–H groups in total. The number of epoxide rings is 1. The standard InChI is InChI=1S/C29H28ClF4N3O5/c1-14(40-2)7-23(26-28(42-26)36-18-5-6-19(27(35)39)22(31)10-18)37-12-24-21(11-25(37)38)20-9-17(30)4-3-15(20)8-16(13-41-24)29(32,33)34/h3-6,9-12,14,16,23,26,28,36H,7-8,13H2,1-2H3,(H2,35,39)/t14-,16+,23?,26?,28?/m0/s1. The van der Waals surface area contributed by atoms with Crippen molar-refractivity contribution in [2.24, 2.45) is 11.7 Å². The highest BCUT2D eigenvalue weighted by Gasteiger charge is 2.47. The Morgan fingerprint density at radius 2 is 1.98 bits per heavy atom. The molecule has 1 aromatic heterocycles. The molecular formula is C29H28ClF4N3O5. The molecule has 5 rings (SSSR count). The summed E-state index contributed by atoms with van der Waals surface area (Å²) in [7, 11) is 1.51. The zero-order chi connectivity index (χ0) is 30.3. The van der Waals surface area contributed by atoms with Crippen LogP contribution in [0.2, 0.25) is 5.02 Å². The summed E-state index contributed by atoms with van der Waals surface area (Å²) in [4.78, 5) is 24.9. The number of anilines is 1. The molecule has 2 aliphatic heterocycles. The van der Waals surface area contributed by atoms with Gasteiger partial charge in [0.15, 0.2) is 6.23 Å². The molecule has 0 bridgehead atoms. The Bertz CT molecular complexity index is 1560. The van der Waals surface area contributed by atoms with Gasteiger partial charge < -0.3 is 29.8 Å². The first-order chi connectivity index (χ1) is 19.8. The Balaban J connectivity index is 1.50. The number of aromatic nitrogens is 1.